The lowest BCUT2D eigenvalue weighted by Gasteiger charge is -2.30. The van der Waals surface area contributed by atoms with E-state index in [1.807, 2.05) is 0 Å². The number of halogens is 2. The number of esters is 1. The average Bonchev–Trinajstić information content (AvgIpc) is 2.62. The maximum absolute atomic E-state index is 14.2. The Kier molecular flexibility index (Phi) is 7.30. The van der Waals surface area contributed by atoms with Crippen LogP contribution in [0.5, 0.6) is 0 Å². The molecule has 2 N–H and O–H groups in total. The molecule has 1 saturated heterocycles. The first-order valence-electron chi connectivity index (χ1n) is 7.47. The van der Waals surface area contributed by atoms with Gasteiger partial charge in [-0.05, 0) is 49.4 Å². The van der Waals surface area contributed by atoms with E-state index in [4.69, 9.17) is 40.8 Å². The van der Waals surface area contributed by atoms with Gasteiger partial charge in [0.2, 0.25) is 0 Å². The number of hydrogen-bond donors (Lipinski definition) is 2. The molecule has 6 nitrogen and oxygen atoms in total. The minimum atomic E-state index is -0.587. The van der Waals surface area contributed by atoms with Crippen molar-refractivity contribution >= 4 is 57.9 Å². The molecule has 2 rings (SSSR count). The van der Waals surface area contributed by atoms with Gasteiger partial charge in [-0.1, -0.05) is 11.6 Å². The Morgan fingerprint density at radius 2 is 2.20 bits per heavy atom. The molecular formula is C15H17ClFN3O3S2. The van der Waals surface area contributed by atoms with Gasteiger partial charge in [-0.15, -0.1) is 0 Å². The van der Waals surface area contributed by atoms with Crippen LogP contribution < -0.4 is 10.7 Å². The minimum absolute atomic E-state index is 0.0412. The molecule has 0 saturated carbocycles. The molecule has 1 aromatic rings. The average molecular weight is 406 g/mol. The quantitative estimate of drug-likeness (QED) is 0.585. The number of nitrogens with zero attached hydrogens (tertiary/aromatic N) is 1. The topological polar surface area (TPSA) is 62.8 Å². The largest absolute Gasteiger partial charge is 0.471 e. The highest BCUT2D eigenvalue weighted by atomic mass is 35.5. The summed E-state index contributed by atoms with van der Waals surface area (Å²) in [5, 5.41) is 4.95. The van der Waals surface area contributed by atoms with Gasteiger partial charge in [0.1, 0.15) is 5.82 Å². The fraction of sp³-hybridized carbons (Fsp3) is 0.400. The van der Waals surface area contributed by atoms with Gasteiger partial charge in [-0.3, -0.25) is 5.01 Å². The van der Waals surface area contributed by atoms with E-state index in [0.717, 1.165) is 32.0 Å². The normalized spacial score (nSPS) is 14.0. The van der Waals surface area contributed by atoms with Crippen LogP contribution in [0.15, 0.2) is 12.1 Å². The van der Waals surface area contributed by atoms with Gasteiger partial charge in [0.15, 0.2) is 16.8 Å². The Hall–Kier alpha value is -1.55. The Bertz CT molecular complexity index is 684. The van der Waals surface area contributed by atoms with Gasteiger partial charge in [0.05, 0.1) is 17.8 Å². The lowest BCUT2D eigenvalue weighted by Crippen LogP contribution is -2.48. The third-order valence-electron chi connectivity index (χ3n) is 3.42. The third kappa shape index (κ3) is 5.46. The first-order chi connectivity index (χ1) is 11.9. The number of carbonyl (C=O) groups excluding carboxylic acids is 1. The number of methoxy groups -OCH3 is 1. The van der Waals surface area contributed by atoms with E-state index in [2.05, 4.69) is 15.5 Å². The molecule has 1 aromatic carbocycles. The van der Waals surface area contributed by atoms with Crippen molar-refractivity contribution in [2.24, 2.45) is 0 Å². The molecule has 0 atom stereocenters. The second-order valence-corrected chi connectivity index (χ2v) is 6.33. The maximum atomic E-state index is 14.2. The molecule has 0 aromatic heterocycles. The Morgan fingerprint density at radius 3 is 2.84 bits per heavy atom. The molecule has 0 bridgehead atoms. The van der Waals surface area contributed by atoms with Crippen molar-refractivity contribution in [3.8, 4) is 0 Å². The minimum Gasteiger partial charge on any atom is -0.471 e. The lowest BCUT2D eigenvalue weighted by atomic mass is 10.2. The highest BCUT2D eigenvalue weighted by Crippen LogP contribution is 2.26. The summed E-state index contributed by atoms with van der Waals surface area (Å²) in [5.74, 6) is -1.17. The molecule has 0 radical (unpaired) electrons. The second-order valence-electron chi connectivity index (χ2n) is 5.16. The van der Waals surface area contributed by atoms with Crippen molar-refractivity contribution in [2.45, 2.75) is 12.8 Å². The Labute approximate surface area is 160 Å². The number of thiocarbonyl (C=S) groups is 2. The smallest absolute Gasteiger partial charge is 0.343 e. The van der Waals surface area contributed by atoms with Crippen molar-refractivity contribution in [3.05, 3.63) is 28.5 Å². The van der Waals surface area contributed by atoms with Crippen LogP contribution in [0.25, 0.3) is 0 Å². The number of benzene rings is 1. The SMILES string of the molecule is COC(=O)COC(=S)c1cc(NC(=S)N2CCCCN2)c(F)cc1Cl. The molecule has 0 unspecified atom stereocenters. The van der Waals surface area contributed by atoms with Crippen molar-refractivity contribution < 1.29 is 18.7 Å². The molecule has 0 aliphatic carbocycles. The zero-order chi connectivity index (χ0) is 18.4. The molecular weight excluding hydrogens is 389 g/mol. The van der Waals surface area contributed by atoms with Gasteiger partial charge in [-0.25, -0.2) is 14.6 Å². The Balaban J connectivity index is 2.12. The Morgan fingerprint density at radius 1 is 1.44 bits per heavy atom. The summed E-state index contributed by atoms with van der Waals surface area (Å²) in [7, 11) is 1.23. The van der Waals surface area contributed by atoms with Gasteiger partial charge in [-0.2, -0.15) is 0 Å². The monoisotopic (exact) mass is 405 g/mol. The van der Waals surface area contributed by atoms with Crippen LogP contribution in [0.1, 0.15) is 18.4 Å². The summed E-state index contributed by atoms with van der Waals surface area (Å²) in [6, 6.07) is 2.51. The first kappa shape index (κ1) is 19.8. The number of nitrogens with one attached hydrogen (secondary N) is 2. The van der Waals surface area contributed by atoms with Gasteiger partial charge in [0.25, 0.3) is 0 Å². The van der Waals surface area contributed by atoms with E-state index in [1.54, 1.807) is 5.01 Å². The van der Waals surface area contributed by atoms with Crippen LogP contribution in [0.4, 0.5) is 10.1 Å². The van der Waals surface area contributed by atoms with E-state index in [9.17, 15) is 9.18 Å². The number of ether oxygens (including phenoxy) is 2. The van der Waals surface area contributed by atoms with Crippen LogP contribution in [0.2, 0.25) is 5.02 Å². The number of hydrazine groups is 1. The van der Waals surface area contributed by atoms with Crippen molar-refractivity contribution in [1.29, 1.82) is 0 Å². The van der Waals surface area contributed by atoms with Crippen molar-refractivity contribution in [3.63, 3.8) is 0 Å². The van der Waals surface area contributed by atoms with Gasteiger partial charge < -0.3 is 14.8 Å². The predicted molar refractivity (Wildman–Crippen MR) is 101 cm³/mol. The highest BCUT2D eigenvalue weighted by molar-refractivity contribution is 7.80. The standard InChI is InChI=1S/C15H17ClFN3O3S2/c1-22-13(21)8-23-14(24)9-6-12(11(17)7-10(9)16)19-15(25)20-5-3-2-4-18-20/h6-7,18H,2-5,8H2,1H3,(H,19,25). The van der Waals surface area contributed by atoms with E-state index < -0.39 is 11.8 Å². The van der Waals surface area contributed by atoms with Gasteiger partial charge in [0, 0.05) is 18.7 Å². The summed E-state index contributed by atoms with van der Waals surface area (Å²) in [6.07, 6.45) is 2.05. The zero-order valence-electron chi connectivity index (χ0n) is 13.4. The number of anilines is 1. The fourth-order valence-corrected chi connectivity index (χ4v) is 2.89. The van der Waals surface area contributed by atoms with E-state index in [1.165, 1.54) is 13.2 Å². The van der Waals surface area contributed by atoms with Gasteiger partial charge >= 0.3 is 5.97 Å². The predicted octanol–water partition coefficient (Wildman–Crippen LogP) is 2.64. The number of hydrogen-bond acceptors (Lipinski definition) is 6. The molecule has 10 heteroatoms. The van der Waals surface area contributed by atoms with E-state index in [0.29, 0.717) is 5.11 Å². The van der Waals surface area contributed by atoms with Crippen LogP contribution in [0.3, 0.4) is 0 Å². The van der Waals surface area contributed by atoms with Crippen LogP contribution >= 0.6 is 36.0 Å². The first-order valence-corrected chi connectivity index (χ1v) is 8.67. The fourth-order valence-electron chi connectivity index (χ4n) is 2.11. The molecule has 136 valence electrons. The summed E-state index contributed by atoms with van der Waals surface area (Å²) in [5.41, 5.74) is 3.51. The molecule has 1 heterocycles. The molecule has 25 heavy (non-hydrogen) atoms. The lowest BCUT2D eigenvalue weighted by molar-refractivity contribution is -0.143. The van der Waals surface area contributed by atoms with Crippen LogP contribution in [-0.2, 0) is 14.3 Å². The number of carbonyl (C=O) groups is 1. The highest BCUT2D eigenvalue weighted by Gasteiger charge is 2.18. The number of rotatable bonds is 4. The summed E-state index contributed by atoms with van der Waals surface area (Å²) in [4.78, 5) is 11.1. The third-order valence-corrected chi connectivity index (χ3v) is 4.40. The second kappa shape index (κ2) is 9.23. The maximum Gasteiger partial charge on any atom is 0.343 e. The summed E-state index contributed by atoms with van der Waals surface area (Å²) < 4.78 is 23.8. The van der Waals surface area contributed by atoms with E-state index >= 15 is 0 Å². The van der Waals surface area contributed by atoms with Crippen LogP contribution in [0, 0.1) is 5.82 Å². The van der Waals surface area contributed by atoms with Crippen molar-refractivity contribution in [1.82, 2.24) is 10.4 Å². The molecule has 1 aliphatic heterocycles. The summed E-state index contributed by atoms with van der Waals surface area (Å²) in [6.45, 7) is 1.18. The zero-order valence-corrected chi connectivity index (χ0v) is 15.8. The van der Waals surface area contributed by atoms with E-state index in [-0.39, 0.29) is 27.9 Å². The summed E-state index contributed by atoms with van der Waals surface area (Å²) >= 11 is 16.4. The molecule has 1 aliphatic rings. The molecule has 1 fully saturated rings. The van der Waals surface area contributed by atoms with Crippen LogP contribution in [-0.4, -0.2) is 47.9 Å². The molecule has 0 amide bonds. The van der Waals surface area contributed by atoms with Crippen molar-refractivity contribution in [2.75, 3.05) is 32.1 Å². The molecule has 0 spiro atoms.